The molecule has 0 saturated heterocycles. The van der Waals surface area contributed by atoms with E-state index >= 15 is 0 Å². The zero-order chi connectivity index (χ0) is 21.2. The number of nitrogens with zero attached hydrogens (tertiary/aromatic N) is 2. The molecule has 0 fully saturated rings. The summed E-state index contributed by atoms with van der Waals surface area (Å²) in [6.07, 6.45) is -4.46. The van der Waals surface area contributed by atoms with E-state index in [0.29, 0.717) is 0 Å². The van der Waals surface area contributed by atoms with Crippen molar-refractivity contribution in [1.29, 1.82) is 0 Å². The van der Waals surface area contributed by atoms with E-state index in [1.807, 2.05) is 36.7 Å². The summed E-state index contributed by atoms with van der Waals surface area (Å²) in [5.41, 5.74) is 2.13. The highest BCUT2D eigenvalue weighted by Gasteiger charge is 2.30. The van der Waals surface area contributed by atoms with Crippen LogP contribution in [0, 0.1) is 13.8 Å². The number of hydrogen-bond donors (Lipinski definition) is 1. The largest absolute Gasteiger partial charge is 0.416 e. The van der Waals surface area contributed by atoms with Gasteiger partial charge in [0.15, 0.2) is 0 Å². The van der Waals surface area contributed by atoms with Crippen molar-refractivity contribution in [3.8, 4) is 0 Å². The van der Waals surface area contributed by atoms with Crippen LogP contribution in [0.2, 0.25) is 0 Å². The third-order valence-electron chi connectivity index (χ3n) is 4.40. The van der Waals surface area contributed by atoms with Gasteiger partial charge in [0.1, 0.15) is 0 Å². The quantitative estimate of drug-likeness (QED) is 0.593. The Morgan fingerprint density at radius 3 is 2.38 bits per heavy atom. The molecule has 0 spiro atoms. The minimum Gasteiger partial charge on any atom is -0.261 e. The van der Waals surface area contributed by atoms with E-state index in [1.54, 1.807) is 4.68 Å². The van der Waals surface area contributed by atoms with Crippen LogP contribution in [0.25, 0.3) is 0 Å². The number of hydrogen-bond acceptors (Lipinski definition) is 4. The third-order valence-corrected chi connectivity index (χ3v) is 6.42. The summed E-state index contributed by atoms with van der Waals surface area (Å²) in [7, 11) is -3.75. The summed E-state index contributed by atoms with van der Waals surface area (Å²) in [6.45, 7) is 3.85. The van der Waals surface area contributed by atoms with Gasteiger partial charge in [-0.15, -0.1) is 0 Å². The first-order valence-corrected chi connectivity index (χ1v) is 11.3. The Balaban J connectivity index is 1.74. The van der Waals surface area contributed by atoms with Crippen LogP contribution in [0.5, 0.6) is 0 Å². The van der Waals surface area contributed by atoms with E-state index in [1.165, 1.54) is 23.5 Å². The number of aromatic nitrogens is 2. The first kappa shape index (κ1) is 21.5. The van der Waals surface area contributed by atoms with E-state index < -0.39 is 27.5 Å². The van der Waals surface area contributed by atoms with Gasteiger partial charge in [-0.2, -0.15) is 29.6 Å². The summed E-state index contributed by atoms with van der Waals surface area (Å²) in [4.78, 5) is 0. The molecule has 5 nitrogen and oxygen atoms in total. The zero-order valence-corrected chi connectivity index (χ0v) is 17.4. The second-order valence-electron chi connectivity index (χ2n) is 6.75. The Hall–Kier alpha value is -2.17. The van der Waals surface area contributed by atoms with Gasteiger partial charge in [-0.25, -0.2) is 13.1 Å². The average Bonchev–Trinajstić information content (AvgIpc) is 3.25. The second-order valence-corrected chi connectivity index (χ2v) is 9.33. The molecule has 0 saturated carbocycles. The summed E-state index contributed by atoms with van der Waals surface area (Å²) >= 11 is 1.50. The topological polar surface area (TPSA) is 64.0 Å². The fraction of sp³-hybridized carbons (Fsp3) is 0.316. The second kappa shape index (κ2) is 8.29. The Labute approximate surface area is 171 Å². The third kappa shape index (κ3) is 5.46. The molecule has 0 aliphatic carbocycles. The molecule has 0 aliphatic heterocycles. The molecule has 1 unspecified atom stereocenters. The van der Waals surface area contributed by atoms with Crippen molar-refractivity contribution in [3.05, 3.63) is 75.2 Å². The Morgan fingerprint density at radius 2 is 1.86 bits per heavy atom. The predicted octanol–water partition coefficient (Wildman–Crippen LogP) is 4.29. The van der Waals surface area contributed by atoms with E-state index in [9.17, 15) is 21.6 Å². The number of rotatable bonds is 7. The highest BCUT2D eigenvalue weighted by atomic mass is 32.2. The van der Waals surface area contributed by atoms with Gasteiger partial charge in [-0.1, -0.05) is 12.1 Å². The number of aryl methyl sites for hydroxylation is 2. The van der Waals surface area contributed by atoms with Crippen LogP contribution in [0.1, 0.15) is 34.1 Å². The molecule has 1 aromatic carbocycles. The summed E-state index contributed by atoms with van der Waals surface area (Å²) in [5, 5.41) is 8.31. The molecule has 0 aliphatic rings. The van der Waals surface area contributed by atoms with E-state index in [4.69, 9.17) is 0 Å². The highest BCUT2D eigenvalue weighted by Crippen LogP contribution is 2.29. The molecule has 156 valence electrons. The summed E-state index contributed by atoms with van der Waals surface area (Å²) in [6, 6.07) is 7.63. The van der Waals surface area contributed by atoms with Gasteiger partial charge in [0.2, 0.25) is 10.0 Å². The van der Waals surface area contributed by atoms with Gasteiger partial charge in [0.25, 0.3) is 0 Å². The Morgan fingerprint density at radius 1 is 1.17 bits per heavy atom. The summed E-state index contributed by atoms with van der Waals surface area (Å²) < 4.78 is 67.4. The Bertz CT molecular complexity index is 1060. The first-order chi connectivity index (χ1) is 13.5. The molecule has 0 radical (unpaired) electrons. The standard InChI is InChI=1S/C19H20F3N3O2S2/c1-13-9-14(2)25(24-13)18(16-7-8-28-11-16)10-23-29(26,27)12-15-3-5-17(6-4-15)19(20,21)22/h3-9,11,18,23H,10,12H2,1-2H3. The predicted molar refractivity (Wildman–Crippen MR) is 106 cm³/mol. The molecule has 2 heterocycles. The number of halogens is 3. The zero-order valence-electron chi connectivity index (χ0n) is 15.8. The average molecular weight is 444 g/mol. The van der Waals surface area contributed by atoms with Gasteiger partial charge in [0.05, 0.1) is 23.1 Å². The lowest BCUT2D eigenvalue weighted by Crippen LogP contribution is -2.32. The molecule has 3 rings (SSSR count). The van der Waals surface area contributed by atoms with Crippen LogP contribution in [0.4, 0.5) is 13.2 Å². The van der Waals surface area contributed by atoms with E-state index in [2.05, 4.69) is 9.82 Å². The highest BCUT2D eigenvalue weighted by molar-refractivity contribution is 7.88. The van der Waals surface area contributed by atoms with Crippen molar-refractivity contribution >= 4 is 21.4 Å². The maximum Gasteiger partial charge on any atom is 0.416 e. The molecule has 0 bridgehead atoms. The van der Waals surface area contributed by atoms with Gasteiger partial charge >= 0.3 is 6.18 Å². The van der Waals surface area contributed by atoms with Gasteiger partial charge in [-0.3, -0.25) is 4.68 Å². The molecule has 1 atom stereocenters. The van der Waals surface area contributed by atoms with Crippen LogP contribution in [0.15, 0.2) is 47.2 Å². The van der Waals surface area contributed by atoms with Crippen molar-refractivity contribution in [2.75, 3.05) is 6.54 Å². The Kier molecular flexibility index (Phi) is 6.16. The van der Waals surface area contributed by atoms with Crippen LogP contribution >= 0.6 is 11.3 Å². The van der Waals surface area contributed by atoms with E-state index in [0.717, 1.165) is 29.1 Å². The molecular formula is C19H20F3N3O2S2. The van der Waals surface area contributed by atoms with Crippen LogP contribution < -0.4 is 4.72 Å². The summed E-state index contributed by atoms with van der Waals surface area (Å²) in [5.74, 6) is -0.404. The van der Waals surface area contributed by atoms with Crippen molar-refractivity contribution in [1.82, 2.24) is 14.5 Å². The monoisotopic (exact) mass is 443 g/mol. The fourth-order valence-electron chi connectivity index (χ4n) is 3.04. The molecule has 3 aromatic rings. The van der Waals surface area contributed by atoms with Gasteiger partial charge in [0, 0.05) is 12.2 Å². The van der Waals surface area contributed by atoms with Crippen molar-refractivity contribution in [2.45, 2.75) is 31.8 Å². The fourth-order valence-corrected chi connectivity index (χ4v) is 4.89. The maximum absolute atomic E-state index is 12.7. The first-order valence-electron chi connectivity index (χ1n) is 8.73. The van der Waals surface area contributed by atoms with Crippen LogP contribution in [-0.2, 0) is 22.0 Å². The van der Waals surface area contributed by atoms with Gasteiger partial charge in [-0.05, 0) is 60.0 Å². The van der Waals surface area contributed by atoms with Crippen LogP contribution in [-0.4, -0.2) is 24.7 Å². The smallest absolute Gasteiger partial charge is 0.261 e. The lowest BCUT2D eigenvalue weighted by atomic mass is 10.1. The minimum absolute atomic E-state index is 0.0850. The molecule has 1 N–H and O–H groups in total. The lowest BCUT2D eigenvalue weighted by molar-refractivity contribution is -0.137. The normalized spacial score (nSPS) is 13.6. The SMILES string of the molecule is Cc1cc(C)n(C(CNS(=O)(=O)Cc2ccc(C(F)(F)F)cc2)c2ccsc2)n1. The van der Waals surface area contributed by atoms with E-state index in [-0.39, 0.29) is 18.2 Å². The lowest BCUT2D eigenvalue weighted by Gasteiger charge is -2.19. The maximum atomic E-state index is 12.7. The van der Waals surface area contributed by atoms with Crippen molar-refractivity contribution in [2.24, 2.45) is 0 Å². The van der Waals surface area contributed by atoms with Crippen molar-refractivity contribution < 1.29 is 21.6 Å². The molecule has 0 amide bonds. The van der Waals surface area contributed by atoms with Crippen molar-refractivity contribution in [3.63, 3.8) is 0 Å². The number of nitrogens with one attached hydrogen (secondary N) is 1. The molecule has 29 heavy (non-hydrogen) atoms. The minimum atomic E-state index is -4.46. The van der Waals surface area contributed by atoms with Gasteiger partial charge < -0.3 is 0 Å². The number of sulfonamides is 1. The van der Waals surface area contributed by atoms with Crippen LogP contribution in [0.3, 0.4) is 0 Å². The number of thiophene rings is 1. The number of benzene rings is 1. The molecule has 2 aromatic heterocycles. The molecule has 10 heteroatoms. The number of alkyl halides is 3. The molecular weight excluding hydrogens is 423 g/mol.